The standard InChI is InChI=1S/C18H25F3N2O2/c19-18(20,21)15-5-3-4-14(12-15)7-11-25-17(24)23-10-9-22-8-2-1-6-16(22)13-23/h3-5,14,16H,1-2,6-13H2/t14?,16-/m1/s1. The molecule has 0 radical (unpaired) electrons. The largest absolute Gasteiger partial charge is 0.449 e. The minimum atomic E-state index is -4.28. The van der Waals surface area contributed by atoms with E-state index in [1.807, 2.05) is 0 Å². The third-order valence-corrected chi connectivity index (χ3v) is 5.34. The molecule has 2 saturated heterocycles. The molecule has 25 heavy (non-hydrogen) atoms. The molecule has 0 spiro atoms. The van der Waals surface area contributed by atoms with E-state index >= 15 is 0 Å². The van der Waals surface area contributed by atoms with Gasteiger partial charge in [-0.05, 0) is 38.1 Å². The molecular formula is C18H25F3N2O2. The molecule has 3 aliphatic rings. The molecule has 0 N–H and O–H groups in total. The van der Waals surface area contributed by atoms with Crippen LogP contribution in [0.2, 0.25) is 0 Å². The molecule has 0 aromatic rings. The van der Waals surface area contributed by atoms with Gasteiger partial charge >= 0.3 is 12.3 Å². The maximum absolute atomic E-state index is 12.7. The minimum absolute atomic E-state index is 0.0434. The molecule has 140 valence electrons. The van der Waals surface area contributed by atoms with Gasteiger partial charge in [0.25, 0.3) is 0 Å². The Labute approximate surface area is 146 Å². The summed E-state index contributed by atoms with van der Waals surface area (Å²) < 4.78 is 43.6. The summed E-state index contributed by atoms with van der Waals surface area (Å²) in [7, 11) is 0. The monoisotopic (exact) mass is 358 g/mol. The number of hydrogen-bond donors (Lipinski definition) is 0. The van der Waals surface area contributed by atoms with Gasteiger partial charge in [0, 0.05) is 31.2 Å². The van der Waals surface area contributed by atoms with Gasteiger partial charge in [0.1, 0.15) is 0 Å². The van der Waals surface area contributed by atoms with Crippen LogP contribution in [-0.4, -0.2) is 60.9 Å². The first-order valence-electron chi connectivity index (χ1n) is 9.04. The average molecular weight is 358 g/mol. The van der Waals surface area contributed by atoms with Crippen molar-refractivity contribution in [3.8, 4) is 0 Å². The van der Waals surface area contributed by atoms with Crippen molar-refractivity contribution in [2.24, 2.45) is 5.92 Å². The Morgan fingerprint density at radius 1 is 1.24 bits per heavy atom. The van der Waals surface area contributed by atoms with Crippen LogP contribution in [0.1, 0.15) is 32.1 Å². The van der Waals surface area contributed by atoms with E-state index < -0.39 is 11.7 Å². The van der Waals surface area contributed by atoms with Gasteiger partial charge in [0.15, 0.2) is 0 Å². The van der Waals surface area contributed by atoms with Crippen molar-refractivity contribution >= 4 is 6.09 Å². The van der Waals surface area contributed by atoms with E-state index in [2.05, 4.69) is 4.90 Å². The molecule has 3 rings (SSSR count). The maximum atomic E-state index is 12.7. The zero-order valence-electron chi connectivity index (χ0n) is 14.3. The fourth-order valence-corrected chi connectivity index (χ4v) is 3.87. The van der Waals surface area contributed by atoms with E-state index in [9.17, 15) is 18.0 Å². The van der Waals surface area contributed by atoms with Crippen molar-refractivity contribution < 1.29 is 22.7 Å². The number of hydrogen-bond acceptors (Lipinski definition) is 3. The van der Waals surface area contributed by atoms with Crippen molar-refractivity contribution in [1.29, 1.82) is 0 Å². The van der Waals surface area contributed by atoms with Gasteiger partial charge in [-0.3, -0.25) is 4.90 Å². The van der Waals surface area contributed by atoms with E-state index in [1.54, 1.807) is 11.0 Å². The molecular weight excluding hydrogens is 333 g/mol. The zero-order valence-corrected chi connectivity index (χ0v) is 14.3. The first-order chi connectivity index (χ1) is 11.9. The third kappa shape index (κ3) is 4.77. The van der Waals surface area contributed by atoms with Crippen LogP contribution in [0.5, 0.6) is 0 Å². The van der Waals surface area contributed by atoms with Gasteiger partial charge in [-0.25, -0.2) is 4.79 Å². The normalized spacial score (nSPS) is 27.6. The molecule has 1 unspecified atom stereocenters. The zero-order chi connectivity index (χ0) is 17.9. The average Bonchev–Trinajstić information content (AvgIpc) is 2.61. The molecule has 2 heterocycles. The Balaban J connectivity index is 1.40. The summed E-state index contributed by atoms with van der Waals surface area (Å²) in [6.07, 6.45) is 3.62. The molecule has 1 amide bonds. The van der Waals surface area contributed by atoms with Crippen LogP contribution in [-0.2, 0) is 4.74 Å². The SMILES string of the molecule is O=C(OCCC1C=CC=C(C(F)(F)F)C1)N1CCN2CCCC[C@@H]2C1. The van der Waals surface area contributed by atoms with E-state index in [4.69, 9.17) is 4.74 Å². The van der Waals surface area contributed by atoms with E-state index in [1.165, 1.54) is 18.9 Å². The van der Waals surface area contributed by atoms with Gasteiger partial charge in [0.05, 0.1) is 6.61 Å². The topological polar surface area (TPSA) is 32.8 Å². The highest BCUT2D eigenvalue weighted by atomic mass is 19.4. The Hall–Kier alpha value is -1.50. The summed E-state index contributed by atoms with van der Waals surface area (Å²) in [4.78, 5) is 16.4. The Kier molecular flexibility index (Phi) is 5.71. The number of ether oxygens (including phenoxy) is 1. The molecule has 4 nitrogen and oxygen atoms in total. The van der Waals surface area contributed by atoms with Gasteiger partial charge in [-0.15, -0.1) is 0 Å². The van der Waals surface area contributed by atoms with Gasteiger partial charge < -0.3 is 9.64 Å². The summed E-state index contributed by atoms with van der Waals surface area (Å²) in [6.45, 7) is 3.51. The van der Waals surface area contributed by atoms with Crippen molar-refractivity contribution in [1.82, 2.24) is 9.80 Å². The fourth-order valence-electron chi connectivity index (χ4n) is 3.87. The molecule has 0 aromatic heterocycles. The number of nitrogens with zero attached hydrogens (tertiary/aromatic N) is 2. The van der Waals surface area contributed by atoms with Crippen LogP contribution in [0.25, 0.3) is 0 Å². The molecule has 0 bridgehead atoms. The van der Waals surface area contributed by atoms with Crippen LogP contribution < -0.4 is 0 Å². The smallest absolute Gasteiger partial charge is 0.412 e. The number of alkyl halides is 3. The Bertz CT molecular complexity index is 545. The van der Waals surface area contributed by atoms with E-state index in [-0.39, 0.29) is 25.0 Å². The lowest BCUT2D eigenvalue weighted by Gasteiger charge is -2.43. The Morgan fingerprint density at radius 3 is 2.88 bits per heavy atom. The highest BCUT2D eigenvalue weighted by molar-refractivity contribution is 5.67. The predicted molar refractivity (Wildman–Crippen MR) is 88.1 cm³/mol. The lowest BCUT2D eigenvalue weighted by Crippen LogP contribution is -2.56. The van der Waals surface area contributed by atoms with Gasteiger partial charge in [0.2, 0.25) is 0 Å². The minimum Gasteiger partial charge on any atom is -0.449 e. The second-order valence-electron chi connectivity index (χ2n) is 7.07. The van der Waals surface area contributed by atoms with Gasteiger partial charge in [-0.2, -0.15) is 13.2 Å². The molecule has 7 heteroatoms. The first kappa shape index (κ1) is 18.3. The number of piperidine rings is 1. The van der Waals surface area contributed by atoms with Crippen LogP contribution in [0.4, 0.5) is 18.0 Å². The number of carbonyl (C=O) groups excluding carboxylic acids is 1. The number of piperazine rings is 1. The van der Waals surface area contributed by atoms with E-state index in [0.29, 0.717) is 25.6 Å². The maximum Gasteiger partial charge on any atom is 0.412 e. The number of halogens is 3. The first-order valence-corrected chi connectivity index (χ1v) is 9.04. The molecule has 0 aromatic carbocycles. The third-order valence-electron chi connectivity index (χ3n) is 5.34. The summed E-state index contributed by atoms with van der Waals surface area (Å²) in [6, 6.07) is 0.427. The van der Waals surface area contributed by atoms with Crippen LogP contribution in [0, 0.1) is 5.92 Å². The highest BCUT2D eigenvalue weighted by Gasteiger charge is 2.35. The number of carbonyl (C=O) groups is 1. The fraction of sp³-hybridized carbons (Fsp3) is 0.722. The predicted octanol–water partition coefficient (Wildman–Crippen LogP) is 3.75. The summed E-state index contributed by atoms with van der Waals surface area (Å²) in [5.41, 5.74) is -0.514. The quantitative estimate of drug-likeness (QED) is 0.770. The molecule has 2 atom stereocenters. The lowest BCUT2D eigenvalue weighted by atomic mass is 9.92. The van der Waals surface area contributed by atoms with Gasteiger partial charge in [-0.1, -0.05) is 24.6 Å². The van der Waals surface area contributed by atoms with Crippen LogP contribution in [0.15, 0.2) is 23.8 Å². The van der Waals surface area contributed by atoms with Crippen LogP contribution >= 0.6 is 0 Å². The van der Waals surface area contributed by atoms with Crippen molar-refractivity contribution in [2.75, 3.05) is 32.8 Å². The second kappa shape index (κ2) is 7.81. The number of fused-ring (bicyclic) bond motifs is 1. The Morgan fingerprint density at radius 2 is 2.08 bits per heavy atom. The summed E-state index contributed by atoms with van der Waals surface area (Å²) in [5, 5.41) is 0. The van der Waals surface area contributed by atoms with Crippen LogP contribution in [0.3, 0.4) is 0 Å². The van der Waals surface area contributed by atoms with E-state index in [0.717, 1.165) is 25.6 Å². The van der Waals surface area contributed by atoms with Crippen molar-refractivity contribution in [3.63, 3.8) is 0 Å². The second-order valence-corrected chi connectivity index (χ2v) is 7.07. The number of rotatable bonds is 3. The summed E-state index contributed by atoms with van der Waals surface area (Å²) in [5.74, 6) is -0.232. The van der Waals surface area contributed by atoms with Crippen molar-refractivity contribution in [2.45, 2.75) is 44.3 Å². The molecule has 2 aliphatic heterocycles. The lowest BCUT2D eigenvalue weighted by molar-refractivity contribution is -0.0953. The number of allylic oxidation sites excluding steroid dienone is 4. The summed E-state index contributed by atoms with van der Waals surface area (Å²) >= 11 is 0. The molecule has 2 fully saturated rings. The van der Waals surface area contributed by atoms with Crippen molar-refractivity contribution in [3.05, 3.63) is 23.8 Å². The number of amides is 1. The highest BCUT2D eigenvalue weighted by Crippen LogP contribution is 2.34. The molecule has 0 saturated carbocycles. The molecule has 1 aliphatic carbocycles.